The fraction of sp³-hybridized carbons (Fsp3) is 0.714. The highest BCUT2D eigenvalue weighted by Gasteiger charge is 2.32. The number of methoxy groups -OCH3 is 1. The zero-order valence-electron chi connectivity index (χ0n) is 7.63. The first-order chi connectivity index (χ1) is 5.44. The minimum Gasteiger partial charge on any atom is -0.466 e. The number of esters is 1. The van der Waals surface area contributed by atoms with Crippen molar-refractivity contribution in [3.05, 3.63) is 0 Å². The lowest BCUT2D eigenvalue weighted by molar-refractivity contribution is -0.158. The van der Waals surface area contributed by atoms with Gasteiger partial charge in [0.15, 0.2) is 0 Å². The SMILES string of the molecule is CNC(=O)OC(C)(C)C(=O)OC. The Bertz CT molecular complexity index is 188. The summed E-state index contributed by atoms with van der Waals surface area (Å²) in [5.74, 6) is -0.592. The van der Waals surface area contributed by atoms with Gasteiger partial charge < -0.3 is 14.8 Å². The van der Waals surface area contributed by atoms with Crippen LogP contribution in [-0.4, -0.2) is 31.8 Å². The number of ether oxygens (including phenoxy) is 2. The predicted molar refractivity (Wildman–Crippen MR) is 41.6 cm³/mol. The molecule has 0 radical (unpaired) electrons. The van der Waals surface area contributed by atoms with Gasteiger partial charge in [0, 0.05) is 7.05 Å². The van der Waals surface area contributed by atoms with E-state index in [4.69, 9.17) is 4.74 Å². The van der Waals surface area contributed by atoms with E-state index in [1.54, 1.807) is 0 Å². The zero-order chi connectivity index (χ0) is 9.78. The molecule has 0 saturated heterocycles. The summed E-state index contributed by atoms with van der Waals surface area (Å²) in [4.78, 5) is 21.7. The van der Waals surface area contributed by atoms with Crippen molar-refractivity contribution in [1.29, 1.82) is 0 Å². The van der Waals surface area contributed by atoms with Gasteiger partial charge in [-0.15, -0.1) is 0 Å². The molecule has 0 bridgehead atoms. The van der Waals surface area contributed by atoms with Crippen LogP contribution in [0.1, 0.15) is 13.8 Å². The fourth-order valence-electron chi connectivity index (χ4n) is 0.570. The molecule has 12 heavy (non-hydrogen) atoms. The Morgan fingerprint density at radius 1 is 1.33 bits per heavy atom. The predicted octanol–water partition coefficient (Wildman–Crippen LogP) is 0.294. The van der Waals surface area contributed by atoms with E-state index in [1.165, 1.54) is 28.0 Å². The van der Waals surface area contributed by atoms with Crippen molar-refractivity contribution in [3.63, 3.8) is 0 Å². The third kappa shape index (κ3) is 2.77. The molecule has 5 nitrogen and oxygen atoms in total. The van der Waals surface area contributed by atoms with Gasteiger partial charge in [0.25, 0.3) is 0 Å². The smallest absolute Gasteiger partial charge is 0.407 e. The normalized spacial score (nSPS) is 10.3. The molecule has 0 aliphatic heterocycles. The van der Waals surface area contributed by atoms with Crippen LogP contribution in [0, 0.1) is 0 Å². The highest BCUT2D eigenvalue weighted by atomic mass is 16.6. The van der Waals surface area contributed by atoms with Crippen molar-refractivity contribution >= 4 is 12.1 Å². The average molecular weight is 175 g/mol. The van der Waals surface area contributed by atoms with Gasteiger partial charge in [0.1, 0.15) is 0 Å². The summed E-state index contributed by atoms with van der Waals surface area (Å²) in [5.41, 5.74) is -1.24. The summed E-state index contributed by atoms with van der Waals surface area (Å²) in [7, 11) is 2.65. The van der Waals surface area contributed by atoms with Gasteiger partial charge in [-0.1, -0.05) is 0 Å². The molecule has 0 unspecified atom stereocenters. The number of carbonyl (C=O) groups is 2. The van der Waals surface area contributed by atoms with Crippen molar-refractivity contribution in [2.24, 2.45) is 0 Å². The van der Waals surface area contributed by atoms with Gasteiger partial charge in [0.2, 0.25) is 5.60 Å². The number of hydrogen-bond acceptors (Lipinski definition) is 4. The molecule has 0 spiro atoms. The van der Waals surface area contributed by atoms with Crippen LogP contribution in [0.4, 0.5) is 4.79 Å². The van der Waals surface area contributed by atoms with Crippen molar-refractivity contribution in [1.82, 2.24) is 5.32 Å². The Morgan fingerprint density at radius 2 is 1.83 bits per heavy atom. The molecule has 1 amide bonds. The fourth-order valence-corrected chi connectivity index (χ4v) is 0.570. The largest absolute Gasteiger partial charge is 0.466 e. The van der Waals surface area contributed by atoms with Crippen LogP contribution < -0.4 is 5.32 Å². The lowest BCUT2D eigenvalue weighted by Gasteiger charge is -2.21. The first kappa shape index (κ1) is 10.7. The lowest BCUT2D eigenvalue weighted by atomic mass is 10.1. The first-order valence-corrected chi connectivity index (χ1v) is 3.43. The van der Waals surface area contributed by atoms with Gasteiger partial charge in [-0.3, -0.25) is 0 Å². The van der Waals surface area contributed by atoms with E-state index in [0.717, 1.165) is 0 Å². The Labute approximate surface area is 71.0 Å². The highest BCUT2D eigenvalue weighted by Crippen LogP contribution is 2.10. The molecule has 0 aromatic rings. The second kappa shape index (κ2) is 3.94. The van der Waals surface area contributed by atoms with Crippen molar-refractivity contribution in [2.75, 3.05) is 14.2 Å². The van der Waals surface area contributed by atoms with E-state index in [0.29, 0.717) is 0 Å². The van der Waals surface area contributed by atoms with E-state index < -0.39 is 17.7 Å². The topological polar surface area (TPSA) is 64.6 Å². The van der Waals surface area contributed by atoms with E-state index >= 15 is 0 Å². The molecule has 70 valence electrons. The maximum atomic E-state index is 11.0. The summed E-state index contributed by atoms with van der Waals surface area (Å²) in [5, 5.41) is 2.23. The third-order valence-electron chi connectivity index (χ3n) is 1.23. The van der Waals surface area contributed by atoms with Crippen LogP contribution >= 0.6 is 0 Å². The highest BCUT2D eigenvalue weighted by molar-refractivity contribution is 5.81. The molecular formula is C7H13NO4. The summed E-state index contributed by atoms with van der Waals surface area (Å²) in [6.07, 6.45) is -0.662. The average Bonchev–Trinajstić information content (AvgIpc) is 2.02. The molecular weight excluding hydrogens is 162 g/mol. The third-order valence-corrected chi connectivity index (χ3v) is 1.23. The standard InChI is InChI=1S/C7H13NO4/c1-7(2,5(9)11-4)12-6(10)8-3/h1-4H3,(H,8,10). The molecule has 0 heterocycles. The number of carbonyl (C=O) groups excluding carboxylic acids is 2. The van der Waals surface area contributed by atoms with Gasteiger partial charge in [0.05, 0.1) is 7.11 Å². The molecule has 0 saturated carbocycles. The summed E-state index contributed by atoms with van der Waals surface area (Å²) >= 11 is 0. The number of amides is 1. The van der Waals surface area contributed by atoms with Crippen molar-refractivity contribution in [3.8, 4) is 0 Å². The quantitative estimate of drug-likeness (QED) is 0.613. The van der Waals surface area contributed by atoms with E-state index in [9.17, 15) is 9.59 Å². The van der Waals surface area contributed by atoms with Gasteiger partial charge in [-0.05, 0) is 13.8 Å². The summed E-state index contributed by atoms with van der Waals surface area (Å²) in [6.45, 7) is 2.90. The molecule has 0 aromatic carbocycles. The lowest BCUT2D eigenvalue weighted by Crippen LogP contribution is -2.40. The minimum absolute atomic E-state index is 0.592. The molecule has 0 aromatic heterocycles. The van der Waals surface area contributed by atoms with Crippen molar-refractivity contribution < 1.29 is 19.1 Å². The molecule has 1 N–H and O–H groups in total. The van der Waals surface area contributed by atoms with Gasteiger partial charge in [-0.25, -0.2) is 9.59 Å². The van der Waals surface area contributed by atoms with Crippen LogP contribution in [0.2, 0.25) is 0 Å². The minimum atomic E-state index is -1.24. The number of alkyl carbamates (subject to hydrolysis) is 1. The number of hydrogen-bond donors (Lipinski definition) is 1. The van der Waals surface area contributed by atoms with E-state index in [2.05, 4.69) is 10.1 Å². The molecule has 0 fully saturated rings. The Morgan fingerprint density at radius 3 is 2.17 bits per heavy atom. The number of rotatable bonds is 2. The molecule has 0 atom stereocenters. The van der Waals surface area contributed by atoms with Crippen molar-refractivity contribution in [2.45, 2.75) is 19.4 Å². The Kier molecular flexibility index (Phi) is 3.53. The van der Waals surface area contributed by atoms with Gasteiger partial charge >= 0.3 is 12.1 Å². The number of nitrogens with one attached hydrogen (secondary N) is 1. The first-order valence-electron chi connectivity index (χ1n) is 3.43. The van der Waals surface area contributed by atoms with Crippen LogP contribution in [0.15, 0.2) is 0 Å². The second-order valence-electron chi connectivity index (χ2n) is 2.64. The maximum absolute atomic E-state index is 11.0. The summed E-state index contributed by atoms with van der Waals surface area (Å²) in [6, 6.07) is 0. The molecule has 5 heteroatoms. The molecule has 0 aliphatic carbocycles. The second-order valence-corrected chi connectivity index (χ2v) is 2.64. The van der Waals surface area contributed by atoms with Crippen LogP contribution in [0.3, 0.4) is 0 Å². The maximum Gasteiger partial charge on any atom is 0.407 e. The van der Waals surface area contributed by atoms with Gasteiger partial charge in [-0.2, -0.15) is 0 Å². The Balaban J connectivity index is 4.21. The van der Waals surface area contributed by atoms with E-state index in [1.807, 2.05) is 0 Å². The van der Waals surface area contributed by atoms with Crippen LogP contribution in [-0.2, 0) is 14.3 Å². The molecule has 0 rings (SSSR count). The van der Waals surface area contributed by atoms with Crippen LogP contribution in [0.5, 0.6) is 0 Å². The molecule has 0 aliphatic rings. The zero-order valence-corrected chi connectivity index (χ0v) is 7.63. The van der Waals surface area contributed by atoms with Crippen LogP contribution in [0.25, 0.3) is 0 Å². The Hall–Kier alpha value is -1.26. The summed E-state index contributed by atoms with van der Waals surface area (Å²) < 4.78 is 9.13. The monoisotopic (exact) mass is 175 g/mol. The van der Waals surface area contributed by atoms with E-state index in [-0.39, 0.29) is 0 Å².